The van der Waals surface area contributed by atoms with Gasteiger partial charge in [0.05, 0.1) is 7.11 Å². The molecule has 162 valence electrons. The zero-order valence-corrected chi connectivity index (χ0v) is 18.5. The van der Waals surface area contributed by atoms with Crippen molar-refractivity contribution < 1.29 is 19.1 Å². The highest BCUT2D eigenvalue weighted by molar-refractivity contribution is 5.88. The van der Waals surface area contributed by atoms with Gasteiger partial charge in [0.15, 0.2) is 6.61 Å². The molecule has 0 fully saturated rings. The number of benzene rings is 2. The van der Waals surface area contributed by atoms with Crippen molar-refractivity contribution in [1.29, 1.82) is 0 Å². The van der Waals surface area contributed by atoms with E-state index in [1.807, 2.05) is 45.0 Å². The summed E-state index contributed by atoms with van der Waals surface area (Å²) in [6.07, 6.45) is 0.824. The molecule has 2 unspecified atom stereocenters. The lowest BCUT2D eigenvalue weighted by molar-refractivity contribution is -0.142. The Labute approximate surface area is 179 Å². The van der Waals surface area contributed by atoms with Gasteiger partial charge in [-0.3, -0.25) is 9.59 Å². The Morgan fingerprint density at radius 2 is 1.67 bits per heavy atom. The number of amides is 2. The van der Waals surface area contributed by atoms with Gasteiger partial charge < -0.3 is 19.7 Å². The molecule has 2 atom stereocenters. The standard InChI is InChI=1S/C24H32N2O4/c1-6-18(3)25-24(28)19(4)26(15-20-10-8-7-9-17(20)2)23(27)16-30-22-13-11-21(29-5)12-14-22/h7-14,18-19H,6,15-16H2,1-5H3,(H,25,28). The van der Waals surface area contributed by atoms with Gasteiger partial charge in [0, 0.05) is 12.6 Å². The molecule has 0 spiro atoms. The minimum Gasteiger partial charge on any atom is -0.497 e. The van der Waals surface area contributed by atoms with Crippen LogP contribution in [0.5, 0.6) is 11.5 Å². The number of aryl methyl sites for hydroxylation is 1. The number of hydrogen-bond donors (Lipinski definition) is 1. The molecule has 0 aliphatic heterocycles. The number of methoxy groups -OCH3 is 1. The molecular weight excluding hydrogens is 380 g/mol. The lowest BCUT2D eigenvalue weighted by atomic mass is 10.1. The third-order valence-corrected chi connectivity index (χ3v) is 5.19. The fraction of sp³-hybridized carbons (Fsp3) is 0.417. The lowest BCUT2D eigenvalue weighted by Gasteiger charge is -2.30. The first-order valence-electron chi connectivity index (χ1n) is 10.3. The van der Waals surface area contributed by atoms with Crippen LogP contribution in [0.2, 0.25) is 0 Å². The molecule has 0 aliphatic rings. The third kappa shape index (κ3) is 6.51. The zero-order chi connectivity index (χ0) is 22.1. The Morgan fingerprint density at radius 1 is 1.03 bits per heavy atom. The van der Waals surface area contributed by atoms with Gasteiger partial charge in [0.2, 0.25) is 5.91 Å². The molecule has 2 rings (SSSR count). The number of hydrogen-bond acceptors (Lipinski definition) is 4. The minimum absolute atomic E-state index is 0.0471. The second-order valence-corrected chi connectivity index (χ2v) is 7.41. The van der Waals surface area contributed by atoms with Crippen molar-refractivity contribution in [2.24, 2.45) is 0 Å². The highest BCUT2D eigenvalue weighted by Gasteiger charge is 2.27. The summed E-state index contributed by atoms with van der Waals surface area (Å²) < 4.78 is 10.8. The fourth-order valence-corrected chi connectivity index (χ4v) is 2.92. The molecule has 0 radical (unpaired) electrons. The van der Waals surface area contributed by atoms with E-state index in [0.29, 0.717) is 18.0 Å². The fourth-order valence-electron chi connectivity index (χ4n) is 2.92. The number of nitrogens with zero attached hydrogens (tertiary/aromatic N) is 1. The second kappa shape index (κ2) is 11.2. The van der Waals surface area contributed by atoms with Crippen LogP contribution in [0.1, 0.15) is 38.3 Å². The monoisotopic (exact) mass is 412 g/mol. The van der Waals surface area contributed by atoms with Gasteiger partial charge in [-0.25, -0.2) is 0 Å². The maximum Gasteiger partial charge on any atom is 0.261 e. The van der Waals surface area contributed by atoms with Gasteiger partial charge in [-0.05, 0) is 62.6 Å². The Hall–Kier alpha value is -3.02. The van der Waals surface area contributed by atoms with Crippen molar-refractivity contribution in [2.75, 3.05) is 13.7 Å². The summed E-state index contributed by atoms with van der Waals surface area (Å²) in [4.78, 5) is 27.3. The summed E-state index contributed by atoms with van der Waals surface area (Å²) in [5.41, 5.74) is 2.07. The van der Waals surface area contributed by atoms with Crippen LogP contribution in [-0.2, 0) is 16.1 Å². The molecule has 0 saturated carbocycles. The maximum atomic E-state index is 13.1. The van der Waals surface area contributed by atoms with Crippen molar-refractivity contribution in [1.82, 2.24) is 10.2 Å². The molecule has 2 amide bonds. The van der Waals surface area contributed by atoms with Crippen molar-refractivity contribution >= 4 is 11.8 Å². The average Bonchev–Trinajstić information content (AvgIpc) is 2.76. The normalized spacial score (nSPS) is 12.6. The van der Waals surface area contributed by atoms with Crippen LogP contribution in [0.25, 0.3) is 0 Å². The number of ether oxygens (including phenoxy) is 2. The summed E-state index contributed by atoms with van der Waals surface area (Å²) in [6, 6.07) is 14.3. The largest absolute Gasteiger partial charge is 0.497 e. The van der Waals surface area contributed by atoms with E-state index in [2.05, 4.69) is 5.32 Å². The van der Waals surface area contributed by atoms with Crippen molar-refractivity contribution in [3.8, 4) is 11.5 Å². The third-order valence-electron chi connectivity index (χ3n) is 5.19. The van der Waals surface area contributed by atoms with Crippen LogP contribution in [0.4, 0.5) is 0 Å². The minimum atomic E-state index is -0.620. The van der Waals surface area contributed by atoms with Crippen LogP contribution in [0, 0.1) is 6.92 Å². The van der Waals surface area contributed by atoms with Gasteiger partial charge >= 0.3 is 0 Å². The lowest BCUT2D eigenvalue weighted by Crippen LogP contribution is -2.50. The average molecular weight is 413 g/mol. The zero-order valence-electron chi connectivity index (χ0n) is 18.5. The van der Waals surface area contributed by atoms with E-state index in [0.717, 1.165) is 17.5 Å². The summed E-state index contributed by atoms with van der Waals surface area (Å²) in [5, 5.41) is 2.96. The van der Waals surface area contributed by atoms with Gasteiger partial charge in [0.1, 0.15) is 17.5 Å². The Kier molecular flexibility index (Phi) is 8.71. The predicted octanol–water partition coefficient (Wildman–Crippen LogP) is 3.71. The van der Waals surface area contributed by atoms with E-state index < -0.39 is 6.04 Å². The number of carbonyl (C=O) groups excluding carboxylic acids is 2. The quantitative estimate of drug-likeness (QED) is 0.646. The van der Waals surface area contributed by atoms with E-state index in [-0.39, 0.29) is 24.5 Å². The van der Waals surface area contributed by atoms with Gasteiger partial charge in [-0.1, -0.05) is 31.2 Å². The van der Waals surface area contributed by atoms with E-state index >= 15 is 0 Å². The van der Waals surface area contributed by atoms with Crippen molar-refractivity contribution in [3.05, 3.63) is 59.7 Å². The summed E-state index contributed by atoms with van der Waals surface area (Å²) in [7, 11) is 1.59. The van der Waals surface area contributed by atoms with Crippen LogP contribution in [0.3, 0.4) is 0 Å². The smallest absolute Gasteiger partial charge is 0.261 e. The highest BCUT2D eigenvalue weighted by atomic mass is 16.5. The van der Waals surface area contributed by atoms with Gasteiger partial charge in [0.25, 0.3) is 5.91 Å². The molecule has 0 aliphatic carbocycles. The van der Waals surface area contributed by atoms with E-state index in [9.17, 15) is 9.59 Å². The molecule has 0 bridgehead atoms. The van der Waals surface area contributed by atoms with E-state index in [4.69, 9.17) is 9.47 Å². The topological polar surface area (TPSA) is 67.9 Å². The molecule has 0 aromatic heterocycles. The summed E-state index contributed by atoms with van der Waals surface area (Å²) in [6.45, 7) is 7.89. The number of rotatable bonds is 10. The molecule has 0 heterocycles. The van der Waals surface area contributed by atoms with E-state index in [1.165, 1.54) is 0 Å². The molecule has 6 nitrogen and oxygen atoms in total. The molecular formula is C24H32N2O4. The van der Waals surface area contributed by atoms with E-state index in [1.54, 1.807) is 43.2 Å². The first-order valence-corrected chi connectivity index (χ1v) is 10.3. The molecule has 1 N–H and O–H groups in total. The summed E-state index contributed by atoms with van der Waals surface area (Å²) >= 11 is 0. The van der Waals surface area contributed by atoms with Crippen LogP contribution >= 0.6 is 0 Å². The Morgan fingerprint density at radius 3 is 2.27 bits per heavy atom. The molecule has 30 heavy (non-hydrogen) atoms. The second-order valence-electron chi connectivity index (χ2n) is 7.41. The first kappa shape index (κ1) is 23.3. The van der Waals surface area contributed by atoms with Gasteiger partial charge in [-0.15, -0.1) is 0 Å². The number of nitrogens with one attached hydrogen (secondary N) is 1. The first-order chi connectivity index (χ1) is 14.3. The van der Waals surface area contributed by atoms with Crippen molar-refractivity contribution in [2.45, 2.75) is 52.7 Å². The molecule has 2 aromatic carbocycles. The SMILES string of the molecule is CCC(C)NC(=O)C(C)N(Cc1ccccc1C)C(=O)COc1ccc(OC)cc1. The van der Waals surface area contributed by atoms with Gasteiger partial charge in [-0.2, -0.15) is 0 Å². The Balaban J connectivity index is 2.14. The Bertz CT molecular complexity index is 835. The molecule has 2 aromatic rings. The van der Waals surface area contributed by atoms with Crippen LogP contribution < -0.4 is 14.8 Å². The molecule has 6 heteroatoms. The van der Waals surface area contributed by atoms with Crippen LogP contribution in [-0.4, -0.2) is 42.5 Å². The maximum absolute atomic E-state index is 13.1. The highest BCUT2D eigenvalue weighted by Crippen LogP contribution is 2.18. The summed E-state index contributed by atoms with van der Waals surface area (Å²) in [5.74, 6) is 0.860. The predicted molar refractivity (Wildman–Crippen MR) is 118 cm³/mol. The molecule has 0 saturated heterocycles. The number of carbonyl (C=O) groups is 2. The van der Waals surface area contributed by atoms with Crippen LogP contribution in [0.15, 0.2) is 48.5 Å². The van der Waals surface area contributed by atoms with Crippen molar-refractivity contribution in [3.63, 3.8) is 0 Å².